The first-order valence-electron chi connectivity index (χ1n) is 8.22. The first-order chi connectivity index (χ1) is 12.7. The Balaban J connectivity index is 1.55. The monoisotopic (exact) mass is 380 g/mol. The van der Waals surface area contributed by atoms with E-state index in [9.17, 15) is 0 Å². The second-order valence-electron chi connectivity index (χ2n) is 5.59. The zero-order valence-corrected chi connectivity index (χ0v) is 15.9. The maximum atomic E-state index is 6.05. The molecule has 0 aliphatic heterocycles. The highest BCUT2D eigenvalue weighted by molar-refractivity contribution is 7.80. The quantitative estimate of drug-likeness (QED) is 0.314. The molecule has 0 aliphatic rings. The van der Waals surface area contributed by atoms with Crippen LogP contribution < -0.4 is 11.1 Å². The fourth-order valence-corrected chi connectivity index (χ4v) is 3.22. The maximum absolute atomic E-state index is 6.05. The molecule has 0 unspecified atom stereocenters. The van der Waals surface area contributed by atoms with Crippen molar-refractivity contribution in [1.29, 1.82) is 0 Å². The van der Waals surface area contributed by atoms with E-state index in [-0.39, 0.29) is 0 Å². The molecule has 1 heterocycles. The molecule has 132 valence electrons. The van der Waals surface area contributed by atoms with Crippen molar-refractivity contribution in [3.05, 3.63) is 76.5 Å². The number of thiophene rings is 1. The summed E-state index contributed by atoms with van der Waals surface area (Å²) < 4.78 is 0. The van der Waals surface area contributed by atoms with Crippen molar-refractivity contribution in [2.75, 3.05) is 11.9 Å². The maximum Gasteiger partial charge on any atom is 0.141 e. The number of nitrogens with two attached hydrogens (primary N) is 1. The summed E-state index contributed by atoms with van der Waals surface area (Å²) in [6.45, 7) is 0.690. The molecule has 3 aromatic rings. The van der Waals surface area contributed by atoms with E-state index in [1.54, 1.807) is 17.7 Å². The molecule has 3 rings (SSSR count). The minimum Gasteiger partial charge on any atom is -0.383 e. The zero-order chi connectivity index (χ0) is 18.2. The molecule has 3 N–H and O–H groups in total. The van der Waals surface area contributed by atoms with Crippen molar-refractivity contribution in [3.63, 3.8) is 0 Å². The van der Waals surface area contributed by atoms with Crippen molar-refractivity contribution >= 4 is 47.5 Å². The zero-order valence-electron chi connectivity index (χ0n) is 14.2. The Morgan fingerprint density at radius 3 is 2.81 bits per heavy atom. The number of benzene rings is 2. The highest BCUT2D eigenvalue weighted by Crippen LogP contribution is 2.18. The van der Waals surface area contributed by atoms with Crippen molar-refractivity contribution in [2.45, 2.75) is 11.3 Å². The van der Waals surface area contributed by atoms with Gasteiger partial charge in [0.2, 0.25) is 0 Å². The number of hydrogen-bond acceptors (Lipinski definition) is 4. The second kappa shape index (κ2) is 9.22. The van der Waals surface area contributed by atoms with E-state index in [0.29, 0.717) is 12.4 Å². The first kappa shape index (κ1) is 18.2. The summed E-state index contributed by atoms with van der Waals surface area (Å²) >= 11 is 5.98. The molecule has 26 heavy (non-hydrogen) atoms. The second-order valence-corrected chi connectivity index (χ2v) is 7.02. The van der Waals surface area contributed by atoms with Gasteiger partial charge in [0.25, 0.3) is 0 Å². The molecule has 0 aliphatic carbocycles. The third-order valence-corrected chi connectivity index (χ3v) is 4.96. The molecule has 0 spiro atoms. The van der Waals surface area contributed by atoms with Crippen molar-refractivity contribution in [1.82, 2.24) is 0 Å². The Hall–Kier alpha value is -2.57. The number of para-hydroxylation sites is 1. The van der Waals surface area contributed by atoms with E-state index in [0.717, 1.165) is 27.6 Å². The molecular formula is C20H20N4S2. The van der Waals surface area contributed by atoms with Crippen LogP contribution in [-0.2, 0) is 6.42 Å². The number of thiol groups is 1. The standard InChI is InChI=1S/C20H20N4S2/c21-20(19-9-4-12-26-19)24-16-6-3-5-15(13-16)10-11-22-14-23-17-7-1-2-8-18(17)25/h1-9,12-14,25H,10-11H2,(H2,21,24)(H,22,23). The number of aliphatic imine (C=N–C) groups is 2. The topological polar surface area (TPSA) is 62.8 Å². The van der Waals surface area contributed by atoms with Gasteiger partial charge in [0, 0.05) is 11.4 Å². The molecule has 0 bridgehead atoms. The lowest BCUT2D eigenvalue weighted by Crippen LogP contribution is -2.10. The van der Waals surface area contributed by atoms with Crippen LogP contribution in [-0.4, -0.2) is 18.7 Å². The van der Waals surface area contributed by atoms with Crippen molar-refractivity contribution < 1.29 is 0 Å². The first-order valence-corrected chi connectivity index (χ1v) is 9.55. The van der Waals surface area contributed by atoms with Crippen LogP contribution in [0.25, 0.3) is 0 Å². The summed E-state index contributed by atoms with van der Waals surface area (Å²) in [5.41, 5.74) is 9.03. The van der Waals surface area contributed by atoms with Crippen LogP contribution >= 0.6 is 24.0 Å². The number of amidine groups is 1. The lowest BCUT2D eigenvalue weighted by Gasteiger charge is -2.04. The number of hydrogen-bond donors (Lipinski definition) is 3. The van der Waals surface area contributed by atoms with Gasteiger partial charge in [0.05, 0.1) is 22.6 Å². The number of nitrogens with zero attached hydrogens (tertiary/aromatic N) is 2. The lowest BCUT2D eigenvalue weighted by atomic mass is 10.1. The van der Waals surface area contributed by atoms with Crippen LogP contribution in [0.15, 0.2) is 80.9 Å². The third-order valence-electron chi connectivity index (χ3n) is 3.68. The lowest BCUT2D eigenvalue weighted by molar-refractivity contribution is 0.972. The minimum atomic E-state index is 0.546. The largest absolute Gasteiger partial charge is 0.383 e. The van der Waals surface area contributed by atoms with E-state index >= 15 is 0 Å². The van der Waals surface area contributed by atoms with Gasteiger partial charge >= 0.3 is 0 Å². The SMILES string of the molecule is NC(=Nc1cccc(CCN=CNc2ccccc2S)c1)c1cccs1. The van der Waals surface area contributed by atoms with E-state index in [1.165, 1.54) is 5.56 Å². The summed E-state index contributed by atoms with van der Waals surface area (Å²) in [7, 11) is 0. The van der Waals surface area contributed by atoms with E-state index in [1.807, 2.05) is 60.0 Å². The molecule has 0 atom stereocenters. The Labute approximate surface area is 162 Å². The summed E-state index contributed by atoms with van der Waals surface area (Å²) in [6, 6.07) is 19.8. The average Bonchev–Trinajstić information content (AvgIpc) is 3.18. The highest BCUT2D eigenvalue weighted by Gasteiger charge is 2.00. The predicted molar refractivity (Wildman–Crippen MR) is 116 cm³/mol. The Morgan fingerprint density at radius 1 is 1.12 bits per heavy atom. The fraction of sp³-hybridized carbons (Fsp3) is 0.100. The van der Waals surface area contributed by atoms with Crippen molar-refractivity contribution in [3.8, 4) is 0 Å². The number of anilines is 1. The third kappa shape index (κ3) is 5.21. The molecule has 4 nitrogen and oxygen atoms in total. The van der Waals surface area contributed by atoms with Gasteiger partial charge in [-0.1, -0.05) is 30.3 Å². The Morgan fingerprint density at radius 2 is 2.00 bits per heavy atom. The summed E-state index contributed by atoms with van der Waals surface area (Å²) in [5, 5.41) is 5.14. The van der Waals surface area contributed by atoms with Crippen LogP contribution in [0.2, 0.25) is 0 Å². The highest BCUT2D eigenvalue weighted by atomic mass is 32.1. The molecular weight excluding hydrogens is 360 g/mol. The van der Waals surface area contributed by atoms with Gasteiger partial charge in [-0.2, -0.15) is 0 Å². The summed E-state index contributed by atoms with van der Waals surface area (Å²) in [4.78, 5) is 10.8. The van der Waals surface area contributed by atoms with Crippen LogP contribution in [0, 0.1) is 0 Å². The average molecular weight is 381 g/mol. The van der Waals surface area contributed by atoms with Crippen molar-refractivity contribution in [2.24, 2.45) is 15.7 Å². The van der Waals surface area contributed by atoms with Gasteiger partial charge in [-0.3, -0.25) is 4.99 Å². The van der Waals surface area contributed by atoms with Gasteiger partial charge in [0.15, 0.2) is 0 Å². The normalized spacial score (nSPS) is 11.8. The van der Waals surface area contributed by atoms with Gasteiger partial charge in [0.1, 0.15) is 5.84 Å². The van der Waals surface area contributed by atoms with Crippen LogP contribution in [0.5, 0.6) is 0 Å². The molecule has 6 heteroatoms. The van der Waals surface area contributed by atoms with E-state index < -0.39 is 0 Å². The molecule has 2 aromatic carbocycles. The summed E-state index contributed by atoms with van der Waals surface area (Å²) in [5.74, 6) is 0.546. The molecule has 0 radical (unpaired) electrons. The molecule has 0 amide bonds. The summed E-state index contributed by atoms with van der Waals surface area (Å²) in [6.07, 6.45) is 2.55. The fourth-order valence-electron chi connectivity index (χ4n) is 2.37. The molecule has 0 fully saturated rings. The molecule has 1 aromatic heterocycles. The van der Waals surface area contributed by atoms with Gasteiger partial charge < -0.3 is 11.1 Å². The van der Waals surface area contributed by atoms with Gasteiger partial charge in [-0.15, -0.1) is 24.0 Å². The van der Waals surface area contributed by atoms with E-state index in [4.69, 9.17) is 5.73 Å². The van der Waals surface area contributed by atoms with E-state index in [2.05, 4.69) is 34.0 Å². The van der Waals surface area contributed by atoms with Crippen LogP contribution in [0.3, 0.4) is 0 Å². The molecule has 0 saturated heterocycles. The Kier molecular flexibility index (Phi) is 6.46. The Bertz CT molecular complexity index is 902. The van der Waals surface area contributed by atoms with Gasteiger partial charge in [-0.25, -0.2) is 4.99 Å². The molecule has 0 saturated carbocycles. The van der Waals surface area contributed by atoms with Gasteiger partial charge in [-0.05, 0) is 47.7 Å². The minimum absolute atomic E-state index is 0.546. The number of nitrogens with one attached hydrogen (secondary N) is 1. The smallest absolute Gasteiger partial charge is 0.141 e. The van der Waals surface area contributed by atoms with Crippen LogP contribution in [0.1, 0.15) is 10.4 Å². The number of rotatable bonds is 7. The van der Waals surface area contributed by atoms with Crippen LogP contribution in [0.4, 0.5) is 11.4 Å². The predicted octanol–water partition coefficient (Wildman–Crippen LogP) is 4.76.